The quantitative estimate of drug-likeness (QED) is 0.851. The van der Waals surface area contributed by atoms with Gasteiger partial charge in [0.25, 0.3) is 0 Å². The molecule has 0 aromatic carbocycles. The summed E-state index contributed by atoms with van der Waals surface area (Å²) in [4.78, 5) is 22.4. The van der Waals surface area contributed by atoms with Crippen LogP contribution in [0.2, 0.25) is 5.15 Å². The Labute approximate surface area is 132 Å². The Bertz CT molecular complexity index is 698. The van der Waals surface area contributed by atoms with Gasteiger partial charge in [-0.1, -0.05) is 16.8 Å². The average Bonchev–Trinajstić information content (AvgIpc) is 3.22. The summed E-state index contributed by atoms with van der Waals surface area (Å²) in [6.45, 7) is 1.89. The van der Waals surface area contributed by atoms with Crippen LogP contribution in [0.25, 0.3) is 0 Å². The van der Waals surface area contributed by atoms with Gasteiger partial charge in [-0.05, 0) is 19.8 Å². The van der Waals surface area contributed by atoms with Gasteiger partial charge in [-0.25, -0.2) is 9.97 Å². The molecule has 3 rings (SSSR count). The van der Waals surface area contributed by atoms with Gasteiger partial charge in [0.15, 0.2) is 5.82 Å². The molecule has 0 atom stereocenters. The number of halogens is 1. The zero-order valence-corrected chi connectivity index (χ0v) is 13.1. The number of carbonyl (C=O) groups excluding carboxylic acids is 1. The molecule has 0 unspecified atom stereocenters. The molecule has 2 aromatic heterocycles. The number of rotatable bonds is 5. The van der Waals surface area contributed by atoms with Crippen LogP contribution in [0.4, 0.5) is 11.6 Å². The summed E-state index contributed by atoms with van der Waals surface area (Å²) >= 11 is 6.03. The minimum Gasteiger partial charge on any atom is -0.360 e. The first-order valence-corrected chi connectivity index (χ1v) is 7.38. The predicted molar refractivity (Wildman–Crippen MR) is 82.2 cm³/mol. The molecule has 1 fully saturated rings. The summed E-state index contributed by atoms with van der Waals surface area (Å²) in [7, 11) is 1.78. The molecular formula is C14H16ClN5O2. The lowest BCUT2D eigenvalue weighted by molar-refractivity contribution is -0.115. The number of aryl methyl sites for hydroxylation is 1. The number of nitrogens with one attached hydrogen (secondary N) is 1. The van der Waals surface area contributed by atoms with Gasteiger partial charge in [-0.2, -0.15) is 0 Å². The second kappa shape index (κ2) is 5.92. The highest BCUT2D eigenvalue weighted by molar-refractivity contribution is 6.29. The Morgan fingerprint density at radius 1 is 1.45 bits per heavy atom. The van der Waals surface area contributed by atoms with Crippen LogP contribution < -0.4 is 10.2 Å². The van der Waals surface area contributed by atoms with E-state index in [2.05, 4.69) is 20.4 Å². The van der Waals surface area contributed by atoms with Crippen molar-refractivity contribution in [3.8, 4) is 0 Å². The SMILES string of the molecule is Cc1cc(NC(=O)CN(C)c2cc(Cl)nc(C3CC3)n2)no1. The Morgan fingerprint density at radius 2 is 2.23 bits per heavy atom. The summed E-state index contributed by atoms with van der Waals surface area (Å²) in [6.07, 6.45) is 2.19. The van der Waals surface area contributed by atoms with Crippen molar-refractivity contribution >= 4 is 29.1 Å². The van der Waals surface area contributed by atoms with Crippen LogP contribution in [0.15, 0.2) is 16.7 Å². The summed E-state index contributed by atoms with van der Waals surface area (Å²) in [5, 5.41) is 6.78. The number of hydrogen-bond donors (Lipinski definition) is 1. The highest BCUT2D eigenvalue weighted by atomic mass is 35.5. The molecule has 0 bridgehead atoms. The van der Waals surface area contributed by atoms with Crippen LogP contribution in [-0.2, 0) is 4.79 Å². The van der Waals surface area contributed by atoms with Gasteiger partial charge in [0.2, 0.25) is 5.91 Å². The van der Waals surface area contributed by atoms with E-state index in [1.807, 2.05) is 0 Å². The first-order chi connectivity index (χ1) is 10.5. The summed E-state index contributed by atoms with van der Waals surface area (Å²) in [5.41, 5.74) is 0. The molecule has 1 N–H and O–H groups in total. The molecule has 1 aliphatic carbocycles. The van der Waals surface area contributed by atoms with Crippen molar-refractivity contribution in [3.63, 3.8) is 0 Å². The molecule has 116 valence electrons. The highest BCUT2D eigenvalue weighted by Crippen LogP contribution is 2.39. The van der Waals surface area contributed by atoms with E-state index in [-0.39, 0.29) is 12.5 Å². The monoisotopic (exact) mass is 321 g/mol. The molecule has 1 saturated carbocycles. The van der Waals surface area contributed by atoms with E-state index in [1.54, 1.807) is 31.0 Å². The van der Waals surface area contributed by atoms with Gasteiger partial charge >= 0.3 is 0 Å². The van der Waals surface area contributed by atoms with Crippen LogP contribution in [0, 0.1) is 6.92 Å². The molecule has 22 heavy (non-hydrogen) atoms. The fourth-order valence-electron chi connectivity index (χ4n) is 2.05. The highest BCUT2D eigenvalue weighted by Gasteiger charge is 2.27. The molecular weight excluding hydrogens is 306 g/mol. The standard InChI is InChI=1S/C14H16ClN5O2/c1-8-5-11(19-22-8)17-13(21)7-20(2)12-6-10(15)16-14(18-12)9-3-4-9/h5-6,9H,3-4,7H2,1-2H3,(H,17,19,21). The van der Waals surface area contributed by atoms with E-state index >= 15 is 0 Å². The molecule has 2 aromatic rings. The second-order valence-corrected chi connectivity index (χ2v) is 5.80. The number of nitrogens with zero attached hydrogens (tertiary/aromatic N) is 4. The maximum Gasteiger partial charge on any atom is 0.245 e. The zero-order valence-electron chi connectivity index (χ0n) is 12.3. The summed E-state index contributed by atoms with van der Waals surface area (Å²) < 4.78 is 4.90. The molecule has 1 aliphatic rings. The van der Waals surface area contributed by atoms with E-state index in [0.29, 0.717) is 28.5 Å². The lowest BCUT2D eigenvalue weighted by atomic mass is 10.3. The van der Waals surface area contributed by atoms with Crippen molar-refractivity contribution in [2.45, 2.75) is 25.7 Å². The average molecular weight is 322 g/mol. The van der Waals surface area contributed by atoms with E-state index in [9.17, 15) is 4.79 Å². The Balaban J connectivity index is 1.65. The maximum atomic E-state index is 12.0. The third-order valence-corrected chi connectivity index (χ3v) is 3.50. The lowest BCUT2D eigenvalue weighted by Gasteiger charge is -2.18. The van der Waals surface area contributed by atoms with Crippen LogP contribution in [0.1, 0.15) is 30.3 Å². The van der Waals surface area contributed by atoms with Crippen LogP contribution in [0.5, 0.6) is 0 Å². The first kappa shape index (κ1) is 14.8. The van der Waals surface area contributed by atoms with Crippen LogP contribution in [0.3, 0.4) is 0 Å². The number of aromatic nitrogens is 3. The van der Waals surface area contributed by atoms with Gasteiger partial charge in [0.05, 0.1) is 6.54 Å². The summed E-state index contributed by atoms with van der Waals surface area (Å²) in [6, 6.07) is 3.31. The third-order valence-electron chi connectivity index (χ3n) is 3.31. The molecule has 1 amide bonds. The molecule has 7 nitrogen and oxygen atoms in total. The molecule has 0 saturated heterocycles. The minimum absolute atomic E-state index is 0.128. The first-order valence-electron chi connectivity index (χ1n) is 7.00. The smallest absolute Gasteiger partial charge is 0.245 e. The van der Waals surface area contributed by atoms with Crippen LogP contribution in [-0.4, -0.2) is 34.6 Å². The van der Waals surface area contributed by atoms with Crippen molar-refractivity contribution in [1.29, 1.82) is 0 Å². The van der Waals surface area contributed by atoms with E-state index in [0.717, 1.165) is 18.7 Å². The fourth-order valence-corrected chi connectivity index (χ4v) is 2.23. The minimum atomic E-state index is -0.210. The van der Waals surface area contributed by atoms with Gasteiger partial charge in [-0.3, -0.25) is 4.79 Å². The number of hydrogen-bond acceptors (Lipinski definition) is 6. The molecule has 0 aliphatic heterocycles. The van der Waals surface area contributed by atoms with Crippen molar-refractivity contribution in [2.24, 2.45) is 0 Å². The lowest BCUT2D eigenvalue weighted by Crippen LogP contribution is -2.31. The van der Waals surface area contributed by atoms with Crippen molar-refractivity contribution in [3.05, 3.63) is 28.9 Å². The van der Waals surface area contributed by atoms with E-state index < -0.39 is 0 Å². The van der Waals surface area contributed by atoms with E-state index in [4.69, 9.17) is 16.1 Å². The molecule has 2 heterocycles. The maximum absolute atomic E-state index is 12.0. The fraction of sp³-hybridized carbons (Fsp3) is 0.429. The Hall–Kier alpha value is -2.15. The van der Waals surface area contributed by atoms with Gasteiger partial charge in [0, 0.05) is 25.1 Å². The molecule has 0 spiro atoms. The largest absolute Gasteiger partial charge is 0.360 e. The summed E-state index contributed by atoms with van der Waals surface area (Å²) in [5.74, 6) is 2.61. The van der Waals surface area contributed by atoms with Crippen molar-refractivity contribution < 1.29 is 9.32 Å². The predicted octanol–water partition coefficient (Wildman–Crippen LogP) is 2.38. The normalized spacial score (nSPS) is 14.0. The van der Waals surface area contributed by atoms with E-state index in [1.165, 1.54) is 0 Å². The number of amides is 1. The second-order valence-electron chi connectivity index (χ2n) is 5.41. The number of likely N-dealkylation sites (N-methyl/N-ethyl adjacent to an activating group) is 1. The number of carbonyl (C=O) groups is 1. The Kier molecular flexibility index (Phi) is 3.98. The van der Waals surface area contributed by atoms with Crippen molar-refractivity contribution in [1.82, 2.24) is 15.1 Å². The molecule has 0 radical (unpaired) electrons. The topological polar surface area (TPSA) is 84.2 Å². The van der Waals surface area contributed by atoms with Crippen molar-refractivity contribution in [2.75, 3.05) is 23.8 Å². The van der Waals surface area contributed by atoms with Gasteiger partial charge < -0.3 is 14.7 Å². The van der Waals surface area contributed by atoms with Crippen LogP contribution >= 0.6 is 11.6 Å². The molecule has 8 heteroatoms. The zero-order chi connectivity index (χ0) is 15.7. The van der Waals surface area contributed by atoms with Gasteiger partial charge in [0.1, 0.15) is 22.6 Å². The van der Waals surface area contributed by atoms with Gasteiger partial charge in [-0.15, -0.1) is 0 Å². The number of anilines is 2. The Morgan fingerprint density at radius 3 is 2.86 bits per heavy atom. The third kappa shape index (κ3) is 3.54.